The van der Waals surface area contributed by atoms with E-state index < -0.39 is 39.5 Å². The van der Waals surface area contributed by atoms with Crippen molar-refractivity contribution < 1.29 is 24.2 Å². The molecule has 0 saturated heterocycles. The van der Waals surface area contributed by atoms with Crippen LogP contribution in [-0.4, -0.2) is 44.7 Å². The first-order chi connectivity index (χ1) is 13.3. The topological polar surface area (TPSA) is 74.6 Å². The van der Waals surface area contributed by atoms with Crippen molar-refractivity contribution in [2.24, 2.45) is 28.1 Å². The van der Waals surface area contributed by atoms with Gasteiger partial charge in [-0.05, 0) is 62.3 Å². The number of halogens is 1. The van der Waals surface area contributed by atoms with E-state index in [0.717, 1.165) is 17.3 Å². The third-order valence-corrected chi connectivity index (χ3v) is 10.1. The maximum Gasteiger partial charge on any atom is 0.221 e. The third-order valence-electron chi connectivity index (χ3n) is 9.47. The third kappa shape index (κ3) is 2.13. The minimum Gasteiger partial charge on any atom is -0.390 e. The van der Waals surface area contributed by atoms with E-state index >= 15 is 4.39 Å². The minimum absolute atomic E-state index is 0.00823. The smallest absolute Gasteiger partial charge is 0.221 e. The summed E-state index contributed by atoms with van der Waals surface area (Å²) >= 11 is 1.00. The SMILES string of the molecule is CSC(=O)[C@@]1(O)[C@@H](C)C[C@@]2(C)C3CCC4=CC(=O)C=C[C@]4(C)[C@@]3(F)[C@@H](O)C[C@@]21C. The lowest BCUT2D eigenvalue weighted by Crippen LogP contribution is -2.72. The number of fused-ring (bicyclic) bond motifs is 5. The number of ketones is 1. The van der Waals surface area contributed by atoms with Gasteiger partial charge in [0.25, 0.3) is 0 Å². The number of aliphatic hydroxyl groups excluding tert-OH is 1. The molecule has 0 aliphatic heterocycles. The molecule has 0 aromatic rings. The first-order valence-electron chi connectivity index (χ1n) is 10.4. The van der Waals surface area contributed by atoms with Gasteiger partial charge in [0.2, 0.25) is 5.12 Å². The zero-order valence-electron chi connectivity index (χ0n) is 17.8. The van der Waals surface area contributed by atoms with Crippen molar-refractivity contribution >= 4 is 22.7 Å². The number of hydrogen-bond acceptors (Lipinski definition) is 5. The van der Waals surface area contributed by atoms with Gasteiger partial charge in [0.05, 0.1) is 6.10 Å². The molecule has 0 radical (unpaired) electrons. The van der Waals surface area contributed by atoms with Crippen LogP contribution in [0.15, 0.2) is 23.8 Å². The van der Waals surface area contributed by atoms with Crippen LogP contribution in [0.1, 0.15) is 53.4 Å². The molecule has 29 heavy (non-hydrogen) atoms. The molecule has 4 aliphatic carbocycles. The van der Waals surface area contributed by atoms with Crippen molar-refractivity contribution in [1.29, 1.82) is 0 Å². The average Bonchev–Trinajstić information content (AvgIpc) is 2.81. The predicted octanol–water partition coefficient (Wildman–Crippen LogP) is 3.61. The highest BCUT2D eigenvalue weighted by Gasteiger charge is 2.79. The van der Waals surface area contributed by atoms with Gasteiger partial charge in [-0.25, -0.2) is 4.39 Å². The molecule has 4 nitrogen and oxygen atoms in total. The second kappa shape index (κ2) is 6.04. The van der Waals surface area contributed by atoms with E-state index in [1.165, 1.54) is 12.2 Å². The van der Waals surface area contributed by atoms with Crippen molar-refractivity contribution in [1.82, 2.24) is 0 Å². The quantitative estimate of drug-likeness (QED) is 0.675. The molecule has 3 saturated carbocycles. The highest BCUT2D eigenvalue weighted by molar-refractivity contribution is 8.13. The van der Waals surface area contributed by atoms with Crippen LogP contribution in [0.2, 0.25) is 0 Å². The molecule has 2 N–H and O–H groups in total. The maximum absolute atomic E-state index is 17.1. The van der Waals surface area contributed by atoms with E-state index in [9.17, 15) is 19.8 Å². The van der Waals surface area contributed by atoms with Gasteiger partial charge >= 0.3 is 0 Å². The second-order valence-electron chi connectivity index (χ2n) is 10.3. The molecule has 3 fully saturated rings. The van der Waals surface area contributed by atoms with Crippen LogP contribution in [0.25, 0.3) is 0 Å². The van der Waals surface area contributed by atoms with Gasteiger partial charge in [0.15, 0.2) is 11.5 Å². The van der Waals surface area contributed by atoms with Gasteiger partial charge in [-0.2, -0.15) is 0 Å². The van der Waals surface area contributed by atoms with Crippen LogP contribution >= 0.6 is 11.8 Å². The van der Waals surface area contributed by atoms with Crippen molar-refractivity contribution in [3.8, 4) is 0 Å². The molecule has 0 bridgehead atoms. The van der Waals surface area contributed by atoms with Crippen LogP contribution < -0.4 is 0 Å². The van der Waals surface area contributed by atoms with E-state index in [1.54, 1.807) is 19.3 Å². The van der Waals surface area contributed by atoms with Gasteiger partial charge in [-0.3, -0.25) is 9.59 Å². The average molecular weight is 423 g/mol. The summed E-state index contributed by atoms with van der Waals surface area (Å²) in [6.45, 7) is 7.50. The van der Waals surface area contributed by atoms with Crippen molar-refractivity contribution in [3.05, 3.63) is 23.8 Å². The Hall–Kier alpha value is -0.980. The molecule has 0 aromatic heterocycles. The summed E-state index contributed by atoms with van der Waals surface area (Å²) in [5.74, 6) is -1.01. The summed E-state index contributed by atoms with van der Waals surface area (Å²) in [5.41, 5.74) is -5.51. The Morgan fingerprint density at radius 1 is 1.28 bits per heavy atom. The highest BCUT2D eigenvalue weighted by atomic mass is 32.2. The fourth-order valence-electron chi connectivity index (χ4n) is 7.68. The molecule has 0 amide bonds. The van der Waals surface area contributed by atoms with Crippen LogP contribution in [0.5, 0.6) is 0 Å². The molecular weight excluding hydrogens is 391 g/mol. The number of alkyl halides is 1. The Bertz CT molecular complexity index is 854. The molecule has 0 aromatic carbocycles. The fourth-order valence-corrected chi connectivity index (χ4v) is 8.42. The largest absolute Gasteiger partial charge is 0.390 e. The molecule has 4 aliphatic rings. The summed E-state index contributed by atoms with van der Waals surface area (Å²) in [4.78, 5) is 24.8. The van der Waals surface area contributed by atoms with Crippen LogP contribution in [0.4, 0.5) is 4.39 Å². The molecule has 160 valence electrons. The Balaban J connectivity index is 1.90. The fraction of sp³-hybridized carbons (Fsp3) is 0.739. The monoisotopic (exact) mass is 422 g/mol. The zero-order chi connectivity index (χ0) is 21.6. The summed E-state index contributed by atoms with van der Waals surface area (Å²) in [5, 5.41) is 22.7. The number of rotatable bonds is 1. The second-order valence-corrected chi connectivity index (χ2v) is 11.1. The standard InChI is InChI=1S/C23H31FO4S/c1-13-11-20(3)16-7-6-14-10-15(25)8-9-19(14,2)22(16,24)17(26)12-21(20,4)23(13,28)18(27)29-5/h8-10,13,16-17,26,28H,6-7,11-12H2,1-5H3/t13-,16?,17-,19-,20-,21-,22-,23-/m0/s1. The van der Waals surface area contributed by atoms with Crippen LogP contribution in [-0.2, 0) is 9.59 Å². The van der Waals surface area contributed by atoms with Crippen LogP contribution in [0.3, 0.4) is 0 Å². The molecule has 4 rings (SSSR count). The van der Waals surface area contributed by atoms with Gasteiger partial charge in [-0.15, -0.1) is 0 Å². The van der Waals surface area contributed by atoms with Crippen LogP contribution in [0, 0.1) is 28.1 Å². The number of aliphatic hydroxyl groups is 2. The number of thioether (sulfide) groups is 1. The van der Waals surface area contributed by atoms with E-state index in [-0.39, 0.29) is 23.2 Å². The van der Waals surface area contributed by atoms with E-state index in [1.807, 2.05) is 20.8 Å². The van der Waals surface area contributed by atoms with Crippen molar-refractivity contribution in [2.45, 2.75) is 70.8 Å². The first kappa shape index (κ1) is 21.3. The first-order valence-corrected chi connectivity index (χ1v) is 11.7. The van der Waals surface area contributed by atoms with Gasteiger partial charge in [-0.1, -0.05) is 44.2 Å². The lowest BCUT2D eigenvalue weighted by molar-refractivity contribution is -0.245. The molecule has 1 unspecified atom stereocenters. The summed E-state index contributed by atoms with van der Waals surface area (Å²) in [7, 11) is 0. The number of carbonyl (C=O) groups excluding carboxylic acids is 2. The Morgan fingerprint density at radius 3 is 2.55 bits per heavy atom. The van der Waals surface area contributed by atoms with Crippen molar-refractivity contribution in [2.75, 3.05) is 6.26 Å². The zero-order valence-corrected chi connectivity index (χ0v) is 18.6. The lowest BCUT2D eigenvalue weighted by atomic mass is 9.40. The number of allylic oxidation sites excluding steroid dienone is 4. The lowest BCUT2D eigenvalue weighted by Gasteiger charge is -2.66. The minimum atomic E-state index is -1.96. The molecule has 6 heteroatoms. The molecule has 0 heterocycles. The number of hydrogen-bond donors (Lipinski definition) is 2. The maximum atomic E-state index is 17.1. The van der Waals surface area contributed by atoms with E-state index in [0.29, 0.717) is 19.3 Å². The van der Waals surface area contributed by atoms with E-state index in [2.05, 4.69) is 0 Å². The predicted molar refractivity (Wildman–Crippen MR) is 111 cm³/mol. The Morgan fingerprint density at radius 2 is 1.93 bits per heavy atom. The van der Waals surface area contributed by atoms with Gasteiger partial charge < -0.3 is 10.2 Å². The Kier molecular flexibility index (Phi) is 4.43. The van der Waals surface area contributed by atoms with E-state index in [4.69, 9.17) is 0 Å². The molecule has 0 spiro atoms. The highest BCUT2D eigenvalue weighted by Crippen LogP contribution is 2.76. The van der Waals surface area contributed by atoms with Gasteiger partial charge in [0.1, 0.15) is 5.60 Å². The molecule has 8 atom stereocenters. The Labute approximate surface area is 176 Å². The van der Waals surface area contributed by atoms with Gasteiger partial charge in [0, 0.05) is 16.7 Å². The number of carbonyl (C=O) groups is 2. The van der Waals surface area contributed by atoms with Crippen molar-refractivity contribution in [3.63, 3.8) is 0 Å². The normalized spacial score (nSPS) is 53.7. The molecular formula is C23H31FO4S. The summed E-state index contributed by atoms with van der Waals surface area (Å²) in [6, 6.07) is 0. The summed E-state index contributed by atoms with van der Waals surface area (Å²) in [6.07, 6.45) is 6.46. The summed E-state index contributed by atoms with van der Waals surface area (Å²) < 4.78 is 17.1.